The van der Waals surface area contributed by atoms with E-state index in [4.69, 9.17) is 0 Å². The highest BCUT2D eigenvalue weighted by molar-refractivity contribution is 5.57. The number of non-ortho nitro benzene ring substituents is 1. The summed E-state index contributed by atoms with van der Waals surface area (Å²) in [6.45, 7) is 2.57. The molecule has 0 spiro atoms. The highest BCUT2D eigenvalue weighted by Gasteiger charge is 2.08. The summed E-state index contributed by atoms with van der Waals surface area (Å²) in [5, 5.41) is 14.1. The molecule has 0 atom stereocenters. The minimum atomic E-state index is -0.378. The minimum absolute atomic E-state index is 0.103. The van der Waals surface area contributed by atoms with E-state index in [1.54, 1.807) is 12.1 Å². The summed E-state index contributed by atoms with van der Waals surface area (Å²) in [5.41, 5.74) is 4.16. The van der Waals surface area contributed by atoms with Crippen molar-refractivity contribution in [2.45, 2.75) is 13.5 Å². The van der Waals surface area contributed by atoms with Crippen LogP contribution in [0, 0.1) is 17.0 Å². The van der Waals surface area contributed by atoms with Crippen molar-refractivity contribution in [2.75, 3.05) is 24.3 Å². The summed E-state index contributed by atoms with van der Waals surface area (Å²) in [6, 6.07) is 13.1. The van der Waals surface area contributed by atoms with E-state index in [-0.39, 0.29) is 10.6 Å². The van der Waals surface area contributed by atoms with E-state index in [1.807, 2.05) is 25.9 Å². The molecule has 0 fully saturated rings. The first-order valence-electron chi connectivity index (χ1n) is 6.72. The van der Waals surface area contributed by atoms with Crippen molar-refractivity contribution < 1.29 is 4.92 Å². The number of nitrogens with one attached hydrogen (secondary N) is 1. The van der Waals surface area contributed by atoms with Gasteiger partial charge in [0.05, 0.1) is 4.92 Å². The average molecular weight is 285 g/mol. The first kappa shape index (κ1) is 14.8. The van der Waals surface area contributed by atoms with Gasteiger partial charge in [-0.15, -0.1) is 0 Å². The Morgan fingerprint density at radius 1 is 1.14 bits per heavy atom. The van der Waals surface area contributed by atoms with Crippen molar-refractivity contribution >= 4 is 17.1 Å². The largest absolute Gasteiger partial charge is 0.381 e. The molecule has 0 unspecified atom stereocenters. The van der Waals surface area contributed by atoms with Crippen molar-refractivity contribution in [2.24, 2.45) is 0 Å². The van der Waals surface area contributed by atoms with E-state index < -0.39 is 0 Å². The van der Waals surface area contributed by atoms with Gasteiger partial charge in [0.25, 0.3) is 5.69 Å². The molecular formula is C16H19N3O2. The number of anilines is 2. The predicted molar refractivity (Wildman–Crippen MR) is 85.9 cm³/mol. The second kappa shape index (κ2) is 6.26. The summed E-state index contributed by atoms with van der Waals surface area (Å²) in [4.78, 5) is 12.5. The van der Waals surface area contributed by atoms with Gasteiger partial charge in [0.1, 0.15) is 0 Å². The van der Waals surface area contributed by atoms with E-state index in [0.717, 1.165) is 22.5 Å². The van der Waals surface area contributed by atoms with E-state index in [0.29, 0.717) is 6.54 Å². The molecule has 21 heavy (non-hydrogen) atoms. The molecule has 110 valence electrons. The number of hydrogen-bond donors (Lipinski definition) is 1. The fraction of sp³-hybridized carbons (Fsp3) is 0.250. The molecule has 0 aliphatic carbocycles. The number of hydrogen-bond acceptors (Lipinski definition) is 4. The maximum Gasteiger partial charge on any atom is 0.271 e. The van der Waals surface area contributed by atoms with Crippen LogP contribution in [-0.4, -0.2) is 19.0 Å². The lowest BCUT2D eigenvalue weighted by Gasteiger charge is -2.13. The van der Waals surface area contributed by atoms with Crippen molar-refractivity contribution in [1.29, 1.82) is 0 Å². The third kappa shape index (κ3) is 3.72. The Morgan fingerprint density at radius 2 is 1.81 bits per heavy atom. The second-order valence-corrected chi connectivity index (χ2v) is 5.17. The standard InChI is InChI=1S/C16H19N3O2/c1-12-4-7-15(19(20)21)10-16(12)17-11-13-5-8-14(9-6-13)18(2)3/h4-10,17H,11H2,1-3H3. The molecule has 0 aromatic heterocycles. The molecule has 2 rings (SSSR count). The monoisotopic (exact) mass is 285 g/mol. The van der Waals surface area contributed by atoms with Gasteiger partial charge in [-0.05, 0) is 30.2 Å². The molecule has 0 saturated carbocycles. The molecule has 0 bridgehead atoms. The van der Waals surface area contributed by atoms with Crippen LogP contribution in [0.2, 0.25) is 0 Å². The van der Waals surface area contributed by atoms with E-state index in [1.165, 1.54) is 6.07 Å². The van der Waals surface area contributed by atoms with Gasteiger partial charge in [-0.2, -0.15) is 0 Å². The number of nitrogens with zero attached hydrogens (tertiary/aromatic N) is 2. The Kier molecular flexibility index (Phi) is 4.42. The highest BCUT2D eigenvalue weighted by Crippen LogP contribution is 2.22. The Labute approximate surface area is 124 Å². The van der Waals surface area contributed by atoms with Crippen LogP contribution in [0.3, 0.4) is 0 Å². The summed E-state index contributed by atoms with van der Waals surface area (Å²) < 4.78 is 0. The van der Waals surface area contributed by atoms with Crippen LogP contribution in [0.15, 0.2) is 42.5 Å². The number of aryl methyl sites for hydroxylation is 1. The Hall–Kier alpha value is -2.56. The van der Waals surface area contributed by atoms with Gasteiger partial charge in [-0.3, -0.25) is 10.1 Å². The summed E-state index contributed by atoms with van der Waals surface area (Å²) in [7, 11) is 4.00. The van der Waals surface area contributed by atoms with E-state index >= 15 is 0 Å². The molecule has 0 heterocycles. The Morgan fingerprint density at radius 3 is 2.38 bits per heavy atom. The average Bonchev–Trinajstić information content (AvgIpc) is 2.46. The van der Waals surface area contributed by atoms with Gasteiger partial charge in [0.2, 0.25) is 0 Å². The number of rotatable bonds is 5. The number of nitro groups is 1. The molecule has 0 amide bonds. The van der Waals surface area contributed by atoms with Crippen LogP contribution in [0.5, 0.6) is 0 Å². The number of benzene rings is 2. The number of nitro benzene ring substituents is 1. The zero-order valence-corrected chi connectivity index (χ0v) is 12.5. The van der Waals surface area contributed by atoms with Crippen LogP contribution >= 0.6 is 0 Å². The summed E-state index contributed by atoms with van der Waals surface area (Å²) in [5.74, 6) is 0. The van der Waals surface area contributed by atoms with Gasteiger partial charge in [-0.1, -0.05) is 18.2 Å². The molecule has 2 aromatic carbocycles. The van der Waals surface area contributed by atoms with Crippen LogP contribution in [0.25, 0.3) is 0 Å². The van der Waals surface area contributed by atoms with Gasteiger partial charge in [0, 0.05) is 44.1 Å². The lowest BCUT2D eigenvalue weighted by Crippen LogP contribution is -2.08. The highest BCUT2D eigenvalue weighted by atomic mass is 16.6. The van der Waals surface area contributed by atoms with Gasteiger partial charge in [-0.25, -0.2) is 0 Å². The SMILES string of the molecule is Cc1ccc([N+](=O)[O-])cc1NCc1ccc(N(C)C)cc1. The molecule has 2 aromatic rings. The zero-order valence-electron chi connectivity index (χ0n) is 12.5. The smallest absolute Gasteiger partial charge is 0.271 e. The van der Waals surface area contributed by atoms with Gasteiger partial charge in [0.15, 0.2) is 0 Å². The van der Waals surface area contributed by atoms with E-state index in [2.05, 4.69) is 29.6 Å². The Balaban J connectivity index is 2.09. The predicted octanol–water partition coefficient (Wildman–Crippen LogP) is 3.58. The lowest BCUT2D eigenvalue weighted by atomic mass is 10.1. The molecule has 0 radical (unpaired) electrons. The van der Waals surface area contributed by atoms with Crippen molar-refractivity contribution in [1.82, 2.24) is 0 Å². The maximum absolute atomic E-state index is 10.8. The first-order valence-corrected chi connectivity index (χ1v) is 6.72. The molecule has 0 aliphatic rings. The second-order valence-electron chi connectivity index (χ2n) is 5.17. The third-order valence-corrected chi connectivity index (χ3v) is 3.37. The van der Waals surface area contributed by atoms with Crippen molar-refractivity contribution in [3.05, 3.63) is 63.7 Å². The summed E-state index contributed by atoms with van der Waals surface area (Å²) >= 11 is 0. The van der Waals surface area contributed by atoms with Crippen molar-refractivity contribution in [3.63, 3.8) is 0 Å². The fourth-order valence-electron chi connectivity index (χ4n) is 2.02. The molecule has 0 saturated heterocycles. The van der Waals surface area contributed by atoms with Crippen LogP contribution in [-0.2, 0) is 6.54 Å². The van der Waals surface area contributed by atoms with Crippen LogP contribution in [0.4, 0.5) is 17.1 Å². The summed E-state index contributed by atoms with van der Waals surface area (Å²) in [6.07, 6.45) is 0. The first-order chi connectivity index (χ1) is 9.97. The van der Waals surface area contributed by atoms with Gasteiger partial charge < -0.3 is 10.2 Å². The van der Waals surface area contributed by atoms with E-state index in [9.17, 15) is 10.1 Å². The topological polar surface area (TPSA) is 58.4 Å². The molecular weight excluding hydrogens is 266 g/mol. The third-order valence-electron chi connectivity index (χ3n) is 3.37. The molecule has 5 nitrogen and oxygen atoms in total. The fourth-order valence-corrected chi connectivity index (χ4v) is 2.02. The van der Waals surface area contributed by atoms with Gasteiger partial charge >= 0.3 is 0 Å². The van der Waals surface area contributed by atoms with Crippen LogP contribution < -0.4 is 10.2 Å². The molecule has 5 heteroatoms. The minimum Gasteiger partial charge on any atom is -0.381 e. The lowest BCUT2D eigenvalue weighted by molar-refractivity contribution is -0.384. The maximum atomic E-state index is 10.8. The van der Waals surface area contributed by atoms with Crippen molar-refractivity contribution in [3.8, 4) is 0 Å². The zero-order chi connectivity index (χ0) is 15.4. The normalized spacial score (nSPS) is 10.2. The Bertz CT molecular complexity index is 636. The molecule has 1 N–H and O–H groups in total. The molecule has 0 aliphatic heterocycles. The quantitative estimate of drug-likeness (QED) is 0.674. The van der Waals surface area contributed by atoms with Crippen LogP contribution in [0.1, 0.15) is 11.1 Å².